The number of hydrogen-bond donors (Lipinski definition) is 2. The molecule has 0 bridgehead atoms. The van der Waals surface area contributed by atoms with E-state index in [2.05, 4.69) is 24.5 Å². The van der Waals surface area contributed by atoms with E-state index in [9.17, 15) is 4.79 Å². The van der Waals surface area contributed by atoms with Gasteiger partial charge < -0.3 is 5.32 Å². The second kappa shape index (κ2) is 8.17. The lowest BCUT2D eigenvalue weighted by Gasteiger charge is -2.03. The molecule has 0 atom stereocenters. The van der Waals surface area contributed by atoms with Crippen LogP contribution in [-0.4, -0.2) is 18.2 Å². The molecule has 13 heavy (non-hydrogen) atoms. The second-order valence-electron chi connectivity index (χ2n) is 3.17. The number of hydrogen-bond acceptors (Lipinski definition) is 2. The van der Waals surface area contributed by atoms with Gasteiger partial charge in [-0.1, -0.05) is 19.4 Å². The first-order valence-corrected chi connectivity index (χ1v) is 5.36. The fourth-order valence-electron chi connectivity index (χ4n) is 0.943. The summed E-state index contributed by atoms with van der Waals surface area (Å²) in [7, 11) is 0. The van der Waals surface area contributed by atoms with E-state index in [0.29, 0.717) is 5.57 Å². The Morgan fingerprint density at radius 1 is 1.31 bits per heavy atom. The van der Waals surface area contributed by atoms with Gasteiger partial charge in [0.2, 0.25) is 5.91 Å². The second-order valence-corrected chi connectivity index (χ2v) is 3.62. The van der Waals surface area contributed by atoms with E-state index < -0.39 is 0 Å². The molecule has 0 aromatic heterocycles. The fraction of sp³-hybridized carbons (Fsp3) is 0.700. The molecular weight excluding hydrogens is 182 g/mol. The van der Waals surface area contributed by atoms with Crippen LogP contribution >= 0.6 is 12.6 Å². The Bertz CT molecular complexity index is 168. The molecule has 76 valence electrons. The van der Waals surface area contributed by atoms with Gasteiger partial charge in [0.1, 0.15) is 0 Å². The number of unbranched alkanes of at least 4 members (excludes halogenated alkanes) is 3. The molecule has 0 aliphatic heterocycles. The van der Waals surface area contributed by atoms with Crippen LogP contribution in [0.5, 0.6) is 0 Å². The highest BCUT2D eigenvalue weighted by atomic mass is 32.1. The van der Waals surface area contributed by atoms with Crippen LogP contribution in [0.1, 0.15) is 32.6 Å². The number of thiol groups is 1. The minimum atomic E-state index is -0.0332. The van der Waals surface area contributed by atoms with E-state index in [4.69, 9.17) is 0 Å². The van der Waals surface area contributed by atoms with Crippen molar-refractivity contribution >= 4 is 18.5 Å². The molecule has 3 heteroatoms. The zero-order valence-electron chi connectivity index (χ0n) is 8.31. The van der Waals surface area contributed by atoms with Gasteiger partial charge in [-0.15, -0.1) is 0 Å². The first-order valence-electron chi connectivity index (χ1n) is 4.73. The van der Waals surface area contributed by atoms with E-state index in [1.165, 1.54) is 6.42 Å². The molecule has 0 aromatic carbocycles. The quantitative estimate of drug-likeness (QED) is 0.369. The van der Waals surface area contributed by atoms with Gasteiger partial charge in [-0.25, -0.2) is 0 Å². The predicted molar refractivity (Wildman–Crippen MR) is 60.1 cm³/mol. The topological polar surface area (TPSA) is 29.1 Å². The van der Waals surface area contributed by atoms with Gasteiger partial charge in [-0.3, -0.25) is 4.79 Å². The van der Waals surface area contributed by atoms with Gasteiger partial charge in [0.25, 0.3) is 0 Å². The normalized spacial score (nSPS) is 9.69. The summed E-state index contributed by atoms with van der Waals surface area (Å²) >= 11 is 4.12. The average Bonchev–Trinajstić information content (AvgIpc) is 2.10. The van der Waals surface area contributed by atoms with Crippen molar-refractivity contribution in [3.63, 3.8) is 0 Å². The number of amides is 1. The maximum Gasteiger partial charge on any atom is 0.246 e. The van der Waals surface area contributed by atoms with Crippen LogP contribution in [0.15, 0.2) is 12.2 Å². The minimum Gasteiger partial charge on any atom is -0.352 e. The molecule has 0 heterocycles. The Morgan fingerprint density at radius 3 is 2.46 bits per heavy atom. The fourth-order valence-corrected chi connectivity index (χ4v) is 1.17. The van der Waals surface area contributed by atoms with E-state index >= 15 is 0 Å². The van der Waals surface area contributed by atoms with Gasteiger partial charge in [0.15, 0.2) is 0 Å². The molecule has 0 aliphatic rings. The number of rotatable bonds is 7. The summed E-state index contributed by atoms with van der Waals surface area (Å²) in [4.78, 5) is 11.0. The van der Waals surface area contributed by atoms with Crippen molar-refractivity contribution in [3.05, 3.63) is 12.2 Å². The Kier molecular flexibility index (Phi) is 7.90. The molecular formula is C10H19NOS. The van der Waals surface area contributed by atoms with Crippen molar-refractivity contribution < 1.29 is 4.79 Å². The number of carbonyl (C=O) groups excluding carboxylic acids is 1. The van der Waals surface area contributed by atoms with Gasteiger partial charge in [-0.05, 0) is 25.5 Å². The zero-order valence-corrected chi connectivity index (χ0v) is 9.20. The maximum atomic E-state index is 11.0. The van der Waals surface area contributed by atoms with E-state index in [1.54, 1.807) is 6.92 Å². The molecule has 0 fully saturated rings. The monoisotopic (exact) mass is 201 g/mol. The number of carbonyl (C=O) groups is 1. The van der Waals surface area contributed by atoms with Crippen LogP contribution in [-0.2, 0) is 4.79 Å². The largest absolute Gasteiger partial charge is 0.352 e. The Balaban J connectivity index is 3.16. The molecule has 0 unspecified atom stereocenters. The summed E-state index contributed by atoms with van der Waals surface area (Å²) in [6.07, 6.45) is 4.58. The molecule has 0 saturated heterocycles. The van der Waals surface area contributed by atoms with Crippen LogP contribution < -0.4 is 5.32 Å². The summed E-state index contributed by atoms with van der Waals surface area (Å²) in [5.74, 6) is 0.923. The third kappa shape index (κ3) is 7.91. The van der Waals surface area contributed by atoms with Crippen LogP contribution in [0.4, 0.5) is 0 Å². The Labute approximate surface area is 86.2 Å². The zero-order chi connectivity index (χ0) is 10.1. The third-order valence-electron chi connectivity index (χ3n) is 1.76. The van der Waals surface area contributed by atoms with Crippen LogP contribution in [0.25, 0.3) is 0 Å². The number of nitrogens with one attached hydrogen (secondary N) is 1. The Morgan fingerprint density at radius 2 is 1.92 bits per heavy atom. The van der Waals surface area contributed by atoms with Crippen molar-refractivity contribution in [2.24, 2.45) is 0 Å². The molecule has 0 rings (SSSR count). The molecule has 1 amide bonds. The lowest BCUT2D eigenvalue weighted by molar-refractivity contribution is -0.117. The first kappa shape index (κ1) is 12.6. The van der Waals surface area contributed by atoms with E-state index in [1.807, 2.05) is 0 Å². The van der Waals surface area contributed by atoms with Gasteiger partial charge >= 0.3 is 0 Å². The third-order valence-corrected chi connectivity index (χ3v) is 2.07. The molecule has 0 saturated carbocycles. The van der Waals surface area contributed by atoms with Crippen molar-refractivity contribution in [1.82, 2.24) is 5.32 Å². The Hall–Kier alpha value is -0.440. The van der Waals surface area contributed by atoms with Crippen molar-refractivity contribution in [1.29, 1.82) is 0 Å². The molecule has 0 aliphatic carbocycles. The predicted octanol–water partition coefficient (Wildman–Crippen LogP) is 2.17. The van der Waals surface area contributed by atoms with E-state index in [0.717, 1.165) is 31.6 Å². The van der Waals surface area contributed by atoms with Crippen LogP contribution in [0, 0.1) is 0 Å². The molecule has 0 aromatic rings. The minimum absolute atomic E-state index is 0.0332. The standard InChI is InChI=1S/C10H19NOS/c1-9(2)10(12)11-7-5-3-4-6-8-13/h13H,1,3-8H2,2H3,(H,11,12). The van der Waals surface area contributed by atoms with Crippen LogP contribution in [0.2, 0.25) is 0 Å². The molecule has 2 nitrogen and oxygen atoms in total. The van der Waals surface area contributed by atoms with E-state index in [-0.39, 0.29) is 5.91 Å². The highest BCUT2D eigenvalue weighted by Gasteiger charge is 1.98. The van der Waals surface area contributed by atoms with Gasteiger partial charge in [0, 0.05) is 12.1 Å². The smallest absolute Gasteiger partial charge is 0.246 e. The average molecular weight is 201 g/mol. The van der Waals surface area contributed by atoms with Gasteiger partial charge in [-0.2, -0.15) is 12.6 Å². The lowest BCUT2D eigenvalue weighted by atomic mass is 10.2. The highest BCUT2D eigenvalue weighted by Crippen LogP contribution is 1.99. The van der Waals surface area contributed by atoms with Crippen molar-refractivity contribution in [3.8, 4) is 0 Å². The summed E-state index contributed by atoms with van der Waals surface area (Å²) in [5, 5.41) is 2.80. The highest BCUT2D eigenvalue weighted by molar-refractivity contribution is 7.80. The molecule has 0 radical (unpaired) electrons. The summed E-state index contributed by atoms with van der Waals surface area (Å²) in [6, 6.07) is 0. The lowest BCUT2D eigenvalue weighted by Crippen LogP contribution is -2.24. The van der Waals surface area contributed by atoms with Crippen LogP contribution in [0.3, 0.4) is 0 Å². The molecule has 1 N–H and O–H groups in total. The van der Waals surface area contributed by atoms with Crippen molar-refractivity contribution in [2.45, 2.75) is 32.6 Å². The molecule has 0 spiro atoms. The summed E-state index contributed by atoms with van der Waals surface area (Å²) in [5.41, 5.74) is 0.579. The van der Waals surface area contributed by atoms with Gasteiger partial charge in [0.05, 0.1) is 0 Å². The first-order chi connectivity index (χ1) is 6.18. The maximum absolute atomic E-state index is 11.0. The SMILES string of the molecule is C=C(C)C(=O)NCCCCCCS. The summed E-state index contributed by atoms with van der Waals surface area (Å²) < 4.78 is 0. The van der Waals surface area contributed by atoms with Crippen molar-refractivity contribution in [2.75, 3.05) is 12.3 Å². The summed E-state index contributed by atoms with van der Waals surface area (Å²) in [6.45, 7) is 6.04.